The molecule has 22 heavy (non-hydrogen) atoms. The van der Waals surface area contributed by atoms with Gasteiger partial charge in [0.15, 0.2) is 0 Å². The number of halogens is 1. The molecule has 0 atom stereocenters. The Labute approximate surface area is 133 Å². The van der Waals surface area contributed by atoms with Gasteiger partial charge in [-0.15, -0.1) is 0 Å². The van der Waals surface area contributed by atoms with E-state index in [1.807, 2.05) is 0 Å². The average molecular weight is 313 g/mol. The van der Waals surface area contributed by atoms with Crippen LogP contribution in [-0.2, 0) is 0 Å². The van der Waals surface area contributed by atoms with Gasteiger partial charge in [-0.25, -0.2) is 0 Å². The molecule has 0 bridgehead atoms. The van der Waals surface area contributed by atoms with Crippen LogP contribution in [0.1, 0.15) is 26.3 Å². The predicted molar refractivity (Wildman–Crippen MR) is 85.6 cm³/mol. The van der Waals surface area contributed by atoms with Gasteiger partial charge in [0.2, 0.25) is 5.91 Å². The van der Waals surface area contributed by atoms with E-state index in [1.165, 1.54) is 0 Å². The van der Waals surface area contributed by atoms with Gasteiger partial charge in [0.1, 0.15) is 0 Å². The van der Waals surface area contributed by atoms with Crippen LogP contribution < -0.4 is 11.1 Å². The highest BCUT2D eigenvalue weighted by atomic mass is 35.5. The van der Waals surface area contributed by atoms with Gasteiger partial charge in [-0.1, -0.05) is 35.6 Å². The molecule has 0 unspecified atom stereocenters. The zero-order valence-corrected chi connectivity index (χ0v) is 12.4. The summed E-state index contributed by atoms with van der Waals surface area (Å²) in [6.45, 7) is 0.196. The smallest absolute Gasteiger partial charge is 0.253 e. The molecule has 0 saturated carbocycles. The number of rotatable bonds is 3. The summed E-state index contributed by atoms with van der Waals surface area (Å²) < 4.78 is 0. The first-order valence-corrected chi connectivity index (χ1v) is 6.87. The fourth-order valence-corrected chi connectivity index (χ4v) is 1.95. The van der Waals surface area contributed by atoms with E-state index in [2.05, 4.69) is 17.2 Å². The van der Waals surface area contributed by atoms with Crippen LogP contribution in [0.25, 0.3) is 0 Å². The molecule has 4 nitrogen and oxygen atoms in total. The number of primary amides is 1. The summed E-state index contributed by atoms with van der Waals surface area (Å²) >= 11 is 5.93. The third-order valence-electron chi connectivity index (χ3n) is 2.86. The van der Waals surface area contributed by atoms with Gasteiger partial charge in [0.05, 0.1) is 17.1 Å². The predicted octanol–water partition coefficient (Wildman–Crippen LogP) is 2.22. The Morgan fingerprint density at radius 3 is 2.41 bits per heavy atom. The molecule has 0 radical (unpaired) electrons. The van der Waals surface area contributed by atoms with Crippen molar-refractivity contribution in [2.24, 2.45) is 5.73 Å². The first kappa shape index (κ1) is 15.6. The highest BCUT2D eigenvalue weighted by Crippen LogP contribution is 2.14. The lowest BCUT2D eigenvalue weighted by molar-refractivity contribution is 0.0957. The maximum atomic E-state index is 11.9. The van der Waals surface area contributed by atoms with Gasteiger partial charge >= 0.3 is 0 Å². The van der Waals surface area contributed by atoms with Crippen LogP contribution in [0.3, 0.4) is 0 Å². The number of hydrogen-bond donors (Lipinski definition) is 2. The number of hydrogen-bond acceptors (Lipinski definition) is 2. The van der Waals surface area contributed by atoms with Crippen LogP contribution in [0.4, 0.5) is 0 Å². The van der Waals surface area contributed by atoms with E-state index in [0.717, 1.165) is 5.56 Å². The Kier molecular flexibility index (Phi) is 5.18. The molecule has 5 heteroatoms. The van der Waals surface area contributed by atoms with Crippen molar-refractivity contribution in [3.8, 4) is 11.8 Å². The molecule has 0 aromatic heterocycles. The Hall–Kier alpha value is -2.77. The van der Waals surface area contributed by atoms with Crippen molar-refractivity contribution < 1.29 is 9.59 Å². The molecule has 3 N–H and O–H groups in total. The first-order chi connectivity index (χ1) is 10.6. The second-order valence-corrected chi connectivity index (χ2v) is 4.81. The van der Waals surface area contributed by atoms with Gasteiger partial charge in [-0.3, -0.25) is 9.59 Å². The van der Waals surface area contributed by atoms with Gasteiger partial charge in [-0.05, 0) is 36.4 Å². The lowest BCUT2D eigenvalue weighted by Crippen LogP contribution is -2.23. The van der Waals surface area contributed by atoms with Crippen molar-refractivity contribution in [1.29, 1.82) is 0 Å². The van der Waals surface area contributed by atoms with Crippen LogP contribution in [-0.4, -0.2) is 18.4 Å². The monoisotopic (exact) mass is 312 g/mol. The van der Waals surface area contributed by atoms with Crippen LogP contribution in [0.15, 0.2) is 48.5 Å². The molecule has 0 aliphatic heterocycles. The minimum atomic E-state index is -0.480. The zero-order valence-electron chi connectivity index (χ0n) is 11.6. The minimum absolute atomic E-state index is 0.196. The number of nitrogens with two attached hydrogens (primary N) is 1. The molecule has 0 fully saturated rings. The highest BCUT2D eigenvalue weighted by molar-refractivity contribution is 6.33. The molecule has 0 heterocycles. The number of benzene rings is 2. The van der Waals surface area contributed by atoms with E-state index in [4.69, 9.17) is 17.3 Å². The zero-order chi connectivity index (χ0) is 15.9. The molecule has 2 rings (SSSR count). The summed E-state index contributed by atoms with van der Waals surface area (Å²) in [7, 11) is 0. The second-order valence-electron chi connectivity index (χ2n) is 4.41. The molecule has 2 aromatic carbocycles. The third-order valence-corrected chi connectivity index (χ3v) is 3.19. The first-order valence-electron chi connectivity index (χ1n) is 6.49. The molecule has 0 saturated heterocycles. The van der Waals surface area contributed by atoms with E-state index >= 15 is 0 Å². The highest BCUT2D eigenvalue weighted by Gasteiger charge is 2.07. The summed E-state index contributed by atoms with van der Waals surface area (Å²) in [5, 5.41) is 3.07. The standard InChI is InChI=1S/C17H13ClN2O2/c18-15-6-2-1-5-14(15)17(22)20-11-3-4-12-7-9-13(10-8-12)16(19)21/h1-2,5-10H,11H2,(H2,19,21)(H,20,22). The van der Waals surface area contributed by atoms with Crippen LogP contribution in [0.2, 0.25) is 5.02 Å². The summed E-state index contributed by atoms with van der Waals surface area (Å²) in [6, 6.07) is 13.4. The lowest BCUT2D eigenvalue weighted by atomic mass is 10.1. The fraction of sp³-hybridized carbons (Fsp3) is 0.0588. The quantitative estimate of drug-likeness (QED) is 0.853. The largest absolute Gasteiger partial charge is 0.366 e. The molecule has 2 aromatic rings. The van der Waals surface area contributed by atoms with Crippen LogP contribution in [0.5, 0.6) is 0 Å². The van der Waals surface area contributed by atoms with E-state index in [0.29, 0.717) is 16.1 Å². The fourth-order valence-electron chi connectivity index (χ4n) is 1.73. The summed E-state index contributed by atoms with van der Waals surface area (Å²) in [5.74, 6) is 4.96. The molecule has 0 aliphatic carbocycles. The minimum Gasteiger partial charge on any atom is -0.366 e. The van der Waals surface area contributed by atoms with Crippen molar-refractivity contribution in [2.75, 3.05) is 6.54 Å². The number of amides is 2. The Balaban J connectivity index is 1.93. The van der Waals surface area contributed by atoms with Gasteiger partial charge < -0.3 is 11.1 Å². The SMILES string of the molecule is NC(=O)c1ccc(C#CCNC(=O)c2ccccc2Cl)cc1. The van der Waals surface area contributed by atoms with Crippen molar-refractivity contribution in [3.05, 3.63) is 70.2 Å². The van der Waals surface area contributed by atoms with E-state index in [-0.39, 0.29) is 12.5 Å². The van der Waals surface area contributed by atoms with Crippen LogP contribution >= 0.6 is 11.6 Å². The molecule has 0 aliphatic rings. The van der Waals surface area contributed by atoms with Crippen molar-refractivity contribution in [2.45, 2.75) is 0 Å². The summed E-state index contributed by atoms with van der Waals surface area (Å²) in [6.07, 6.45) is 0. The van der Waals surface area contributed by atoms with Crippen LogP contribution in [0, 0.1) is 11.8 Å². The topological polar surface area (TPSA) is 72.2 Å². The summed E-state index contributed by atoms with van der Waals surface area (Å²) in [4.78, 5) is 22.8. The van der Waals surface area contributed by atoms with E-state index < -0.39 is 5.91 Å². The van der Waals surface area contributed by atoms with Gasteiger partial charge in [-0.2, -0.15) is 0 Å². The second kappa shape index (κ2) is 7.30. The molecule has 2 amide bonds. The number of nitrogens with one attached hydrogen (secondary N) is 1. The molecular formula is C17H13ClN2O2. The Morgan fingerprint density at radius 1 is 1.09 bits per heavy atom. The average Bonchev–Trinajstić information content (AvgIpc) is 2.52. The van der Waals surface area contributed by atoms with Crippen molar-refractivity contribution in [1.82, 2.24) is 5.32 Å². The lowest BCUT2D eigenvalue weighted by Gasteiger charge is -2.02. The van der Waals surface area contributed by atoms with Gasteiger partial charge in [0, 0.05) is 11.1 Å². The normalized spacial score (nSPS) is 9.50. The van der Waals surface area contributed by atoms with E-state index in [9.17, 15) is 9.59 Å². The molecule has 0 spiro atoms. The Bertz CT molecular complexity index is 758. The number of carbonyl (C=O) groups excluding carboxylic acids is 2. The number of carbonyl (C=O) groups is 2. The van der Waals surface area contributed by atoms with Gasteiger partial charge in [0.25, 0.3) is 5.91 Å². The van der Waals surface area contributed by atoms with Crippen molar-refractivity contribution >= 4 is 23.4 Å². The maximum absolute atomic E-state index is 11.9. The van der Waals surface area contributed by atoms with E-state index in [1.54, 1.807) is 48.5 Å². The van der Waals surface area contributed by atoms with Crippen molar-refractivity contribution in [3.63, 3.8) is 0 Å². The molecule has 110 valence electrons. The maximum Gasteiger partial charge on any atom is 0.253 e. The molecular weight excluding hydrogens is 300 g/mol. The third kappa shape index (κ3) is 4.11. The Morgan fingerprint density at radius 2 is 1.77 bits per heavy atom. The summed E-state index contributed by atoms with van der Waals surface area (Å²) in [5.41, 5.74) is 6.73.